The third-order valence-electron chi connectivity index (χ3n) is 6.08. The number of nitrogens with zero attached hydrogens (tertiary/aromatic N) is 5. The Bertz CT molecular complexity index is 1280. The molecule has 0 bridgehead atoms. The van der Waals surface area contributed by atoms with E-state index < -0.39 is 12.0 Å². The third kappa shape index (κ3) is 4.82. The van der Waals surface area contributed by atoms with Crippen LogP contribution in [0.4, 0.5) is 24.8 Å². The molecule has 5 rings (SSSR count). The average molecular weight is 476 g/mol. The molecule has 0 amide bonds. The van der Waals surface area contributed by atoms with Gasteiger partial charge in [-0.3, -0.25) is 0 Å². The molecule has 5 nitrogen and oxygen atoms in total. The van der Waals surface area contributed by atoms with Crippen molar-refractivity contribution in [3.63, 3.8) is 0 Å². The van der Waals surface area contributed by atoms with E-state index in [0.717, 1.165) is 16.9 Å². The monoisotopic (exact) mass is 475 g/mol. The van der Waals surface area contributed by atoms with Crippen LogP contribution in [-0.2, 0) is 6.18 Å². The van der Waals surface area contributed by atoms with Crippen molar-refractivity contribution in [1.82, 2.24) is 15.0 Å². The molecule has 3 heterocycles. The molecule has 4 aromatic rings. The van der Waals surface area contributed by atoms with Gasteiger partial charge in [-0.1, -0.05) is 66.2 Å². The fraction of sp³-hybridized carbons (Fsp3) is 0.222. The number of alkyl halides is 3. The minimum atomic E-state index is -4.67. The fourth-order valence-electron chi connectivity index (χ4n) is 4.28. The van der Waals surface area contributed by atoms with Crippen LogP contribution >= 0.6 is 0 Å². The van der Waals surface area contributed by atoms with Crippen LogP contribution in [0.15, 0.2) is 79.0 Å². The van der Waals surface area contributed by atoms with Crippen LogP contribution in [0.5, 0.6) is 0 Å². The van der Waals surface area contributed by atoms with Crippen molar-refractivity contribution >= 4 is 11.6 Å². The first-order valence-electron chi connectivity index (χ1n) is 11.4. The Morgan fingerprint density at radius 1 is 0.714 bits per heavy atom. The zero-order chi connectivity index (χ0) is 24.4. The summed E-state index contributed by atoms with van der Waals surface area (Å²) in [6.45, 7) is 4.21. The number of hydrogen-bond donors (Lipinski definition) is 0. The predicted octanol–water partition coefficient (Wildman–Crippen LogP) is 5.86. The Morgan fingerprint density at radius 3 is 2.00 bits per heavy atom. The summed E-state index contributed by atoms with van der Waals surface area (Å²) in [6, 6.07) is 22.5. The molecule has 178 valence electrons. The van der Waals surface area contributed by atoms with Crippen molar-refractivity contribution in [1.29, 1.82) is 0 Å². The molecule has 0 atom stereocenters. The standard InChI is InChI=1S/C27H24F3N5/c1-19-10-12-21(13-11-19)24-23(20-7-3-2-4-8-20)25(33-26(32-24)27(28,29)30)35-17-15-34(16-18-35)22-9-5-6-14-31-22/h2-14H,15-18H2,1H3. The van der Waals surface area contributed by atoms with E-state index in [4.69, 9.17) is 0 Å². The number of aryl methyl sites for hydroxylation is 1. The molecule has 1 aliphatic heterocycles. The first-order valence-corrected chi connectivity index (χ1v) is 11.4. The molecular weight excluding hydrogens is 451 g/mol. The summed E-state index contributed by atoms with van der Waals surface area (Å²) >= 11 is 0. The number of anilines is 2. The summed E-state index contributed by atoms with van der Waals surface area (Å²) in [5.74, 6) is 0.0270. The van der Waals surface area contributed by atoms with Crippen LogP contribution in [0.1, 0.15) is 11.4 Å². The van der Waals surface area contributed by atoms with Crippen molar-refractivity contribution in [2.75, 3.05) is 36.0 Å². The number of hydrogen-bond acceptors (Lipinski definition) is 5. The number of pyridine rings is 1. The van der Waals surface area contributed by atoms with Crippen molar-refractivity contribution < 1.29 is 13.2 Å². The Hall–Kier alpha value is -3.94. The van der Waals surface area contributed by atoms with Crippen molar-refractivity contribution in [3.05, 3.63) is 90.4 Å². The van der Waals surface area contributed by atoms with Crippen LogP contribution in [0, 0.1) is 6.92 Å². The Labute approximate surface area is 201 Å². The first-order chi connectivity index (χ1) is 16.9. The van der Waals surface area contributed by atoms with Gasteiger partial charge in [0, 0.05) is 37.9 Å². The predicted molar refractivity (Wildman–Crippen MR) is 131 cm³/mol. The molecule has 2 aromatic heterocycles. The SMILES string of the molecule is Cc1ccc(-c2nc(C(F)(F)F)nc(N3CCN(c4ccccn4)CC3)c2-c2ccccc2)cc1. The molecule has 1 saturated heterocycles. The smallest absolute Gasteiger partial charge is 0.353 e. The molecule has 0 saturated carbocycles. The maximum atomic E-state index is 14.0. The molecule has 0 aliphatic carbocycles. The van der Waals surface area contributed by atoms with Gasteiger partial charge in [-0.25, -0.2) is 15.0 Å². The van der Waals surface area contributed by atoms with Gasteiger partial charge < -0.3 is 9.80 Å². The molecule has 0 unspecified atom stereocenters. The largest absolute Gasteiger partial charge is 0.451 e. The van der Waals surface area contributed by atoms with E-state index in [-0.39, 0.29) is 5.69 Å². The highest BCUT2D eigenvalue weighted by molar-refractivity contribution is 5.88. The first kappa shape index (κ1) is 22.8. The van der Waals surface area contributed by atoms with Gasteiger partial charge in [-0.15, -0.1) is 0 Å². The summed E-state index contributed by atoms with van der Waals surface area (Å²) in [5.41, 5.74) is 3.30. The quantitative estimate of drug-likeness (QED) is 0.370. The van der Waals surface area contributed by atoms with Crippen LogP contribution in [0.25, 0.3) is 22.4 Å². The Morgan fingerprint density at radius 2 is 1.37 bits per heavy atom. The van der Waals surface area contributed by atoms with Crippen LogP contribution in [0.3, 0.4) is 0 Å². The molecule has 0 radical (unpaired) electrons. The molecule has 0 spiro atoms. The highest BCUT2D eigenvalue weighted by Crippen LogP contribution is 2.40. The fourth-order valence-corrected chi connectivity index (χ4v) is 4.28. The van der Waals surface area contributed by atoms with Gasteiger partial charge in [0.25, 0.3) is 0 Å². The van der Waals surface area contributed by atoms with Gasteiger partial charge in [0.15, 0.2) is 0 Å². The van der Waals surface area contributed by atoms with Crippen molar-refractivity contribution in [2.45, 2.75) is 13.1 Å². The zero-order valence-electron chi connectivity index (χ0n) is 19.2. The Kier molecular flexibility index (Phi) is 6.11. The van der Waals surface area contributed by atoms with E-state index in [1.165, 1.54) is 0 Å². The summed E-state index contributed by atoms with van der Waals surface area (Å²) in [7, 11) is 0. The molecule has 2 aromatic carbocycles. The number of aromatic nitrogens is 3. The van der Waals surface area contributed by atoms with E-state index in [1.54, 1.807) is 6.20 Å². The third-order valence-corrected chi connectivity index (χ3v) is 6.08. The lowest BCUT2D eigenvalue weighted by Crippen LogP contribution is -2.47. The summed E-state index contributed by atoms with van der Waals surface area (Å²) in [6.07, 6.45) is -2.93. The number of benzene rings is 2. The second-order valence-electron chi connectivity index (χ2n) is 8.49. The van der Waals surface area contributed by atoms with Gasteiger partial charge >= 0.3 is 6.18 Å². The highest BCUT2D eigenvalue weighted by Gasteiger charge is 2.38. The summed E-state index contributed by atoms with van der Waals surface area (Å²) < 4.78 is 41.9. The zero-order valence-corrected chi connectivity index (χ0v) is 19.2. The topological polar surface area (TPSA) is 45.2 Å². The molecule has 1 fully saturated rings. The van der Waals surface area contributed by atoms with Crippen molar-refractivity contribution in [3.8, 4) is 22.4 Å². The normalized spacial score (nSPS) is 14.3. The van der Waals surface area contributed by atoms with Gasteiger partial charge in [-0.05, 0) is 24.6 Å². The van der Waals surface area contributed by atoms with E-state index in [0.29, 0.717) is 43.1 Å². The molecule has 0 N–H and O–H groups in total. The number of rotatable bonds is 4. The van der Waals surface area contributed by atoms with E-state index in [2.05, 4.69) is 19.9 Å². The van der Waals surface area contributed by atoms with Gasteiger partial charge in [0.1, 0.15) is 11.6 Å². The maximum absolute atomic E-state index is 14.0. The summed E-state index contributed by atoms with van der Waals surface area (Å²) in [5, 5.41) is 0. The lowest BCUT2D eigenvalue weighted by molar-refractivity contribution is -0.144. The Balaban J connectivity index is 1.63. The van der Waals surface area contributed by atoms with Crippen LogP contribution < -0.4 is 9.80 Å². The maximum Gasteiger partial charge on any atom is 0.451 e. The lowest BCUT2D eigenvalue weighted by Gasteiger charge is -2.37. The average Bonchev–Trinajstić information content (AvgIpc) is 2.89. The van der Waals surface area contributed by atoms with Gasteiger partial charge in [0.2, 0.25) is 5.82 Å². The lowest BCUT2D eigenvalue weighted by atomic mass is 9.98. The van der Waals surface area contributed by atoms with Crippen LogP contribution in [-0.4, -0.2) is 41.1 Å². The van der Waals surface area contributed by atoms with E-state index >= 15 is 0 Å². The van der Waals surface area contributed by atoms with Gasteiger partial charge in [0.05, 0.1) is 11.3 Å². The molecular formula is C27H24F3N5. The van der Waals surface area contributed by atoms with Crippen molar-refractivity contribution in [2.24, 2.45) is 0 Å². The van der Waals surface area contributed by atoms with E-state index in [9.17, 15) is 13.2 Å². The second kappa shape index (κ2) is 9.37. The molecule has 8 heteroatoms. The van der Waals surface area contributed by atoms with Crippen LogP contribution in [0.2, 0.25) is 0 Å². The second-order valence-corrected chi connectivity index (χ2v) is 8.49. The minimum Gasteiger partial charge on any atom is -0.353 e. The molecule has 1 aliphatic rings. The number of halogens is 3. The van der Waals surface area contributed by atoms with Gasteiger partial charge in [-0.2, -0.15) is 13.2 Å². The van der Waals surface area contributed by atoms with E-state index in [1.807, 2.05) is 84.6 Å². The number of piperazine rings is 1. The minimum absolute atomic E-state index is 0.278. The molecule has 35 heavy (non-hydrogen) atoms. The summed E-state index contributed by atoms with van der Waals surface area (Å²) in [4.78, 5) is 16.6. The highest BCUT2D eigenvalue weighted by atomic mass is 19.4.